The van der Waals surface area contributed by atoms with Crippen LogP contribution >= 0.6 is 11.6 Å². The Bertz CT molecular complexity index is 1480. The number of halogens is 1. The monoisotopic (exact) mass is 562 g/mol. The van der Waals surface area contributed by atoms with Gasteiger partial charge in [-0.2, -0.15) is 0 Å². The average Bonchev–Trinajstić information content (AvgIpc) is 3.16. The van der Waals surface area contributed by atoms with Crippen LogP contribution in [0.3, 0.4) is 0 Å². The van der Waals surface area contributed by atoms with Gasteiger partial charge in [-0.1, -0.05) is 69.3 Å². The molecule has 0 saturated heterocycles. The molecule has 0 saturated carbocycles. The number of allylic oxidation sites excluding steroid dienone is 4. The van der Waals surface area contributed by atoms with Crippen molar-refractivity contribution in [1.29, 1.82) is 0 Å². The number of aromatic nitrogens is 1. The number of nitrogens with zero attached hydrogens (tertiary/aromatic N) is 1. The van der Waals surface area contributed by atoms with Crippen molar-refractivity contribution in [2.45, 2.75) is 73.1 Å². The zero-order valence-electron chi connectivity index (χ0n) is 24.2. The minimum Gasteiger partial charge on any atom is -0.479 e. The number of carbonyl (C=O) groups is 2. The van der Waals surface area contributed by atoms with Gasteiger partial charge >= 0.3 is 5.97 Å². The molecule has 1 heterocycles. The molecule has 2 aromatic carbocycles. The first-order valence-corrected chi connectivity index (χ1v) is 13.9. The van der Waals surface area contributed by atoms with Crippen molar-refractivity contribution >= 4 is 34.4 Å². The Hall–Kier alpha value is -3.77. The van der Waals surface area contributed by atoms with E-state index < -0.39 is 12.1 Å². The molecule has 1 aromatic heterocycles. The summed E-state index contributed by atoms with van der Waals surface area (Å²) in [6, 6.07) is 14.0. The number of rotatable bonds is 12. The molecule has 7 heteroatoms. The van der Waals surface area contributed by atoms with Crippen LogP contribution in [-0.2, 0) is 22.6 Å². The van der Waals surface area contributed by atoms with Gasteiger partial charge in [0.2, 0.25) is 0 Å². The Morgan fingerprint density at radius 1 is 1.18 bits per heavy atom. The van der Waals surface area contributed by atoms with Gasteiger partial charge in [0.25, 0.3) is 5.91 Å². The molecule has 0 bridgehead atoms. The number of carboxylic acid groups (broad SMARTS) is 1. The average molecular weight is 563 g/mol. The second kappa shape index (κ2) is 13.5. The van der Waals surface area contributed by atoms with Crippen LogP contribution in [-0.4, -0.2) is 27.7 Å². The van der Waals surface area contributed by atoms with Gasteiger partial charge in [0.1, 0.15) is 5.76 Å². The lowest BCUT2D eigenvalue weighted by molar-refractivity contribution is -0.147. The van der Waals surface area contributed by atoms with Gasteiger partial charge in [-0.25, -0.2) is 4.79 Å². The molecular weight excluding hydrogens is 524 g/mol. The van der Waals surface area contributed by atoms with Crippen LogP contribution in [0.25, 0.3) is 10.9 Å². The molecule has 3 rings (SSSR count). The fourth-order valence-corrected chi connectivity index (χ4v) is 4.65. The molecule has 1 atom stereocenters. The first-order valence-electron chi connectivity index (χ1n) is 13.5. The largest absolute Gasteiger partial charge is 0.479 e. The van der Waals surface area contributed by atoms with E-state index in [1.165, 1.54) is 5.56 Å². The van der Waals surface area contributed by atoms with Crippen LogP contribution in [0.2, 0.25) is 0 Å². The highest BCUT2D eigenvalue weighted by molar-refractivity contribution is 6.31. The fourth-order valence-electron chi connectivity index (χ4n) is 4.55. The number of ether oxygens (including phenoxy) is 1. The van der Waals surface area contributed by atoms with Crippen molar-refractivity contribution in [2.75, 3.05) is 0 Å². The van der Waals surface area contributed by atoms with Crippen LogP contribution in [0.4, 0.5) is 0 Å². The van der Waals surface area contributed by atoms with Gasteiger partial charge in [-0.3, -0.25) is 4.79 Å². The van der Waals surface area contributed by atoms with Crippen molar-refractivity contribution < 1.29 is 19.4 Å². The lowest BCUT2D eigenvalue weighted by Gasteiger charge is -2.17. The maximum absolute atomic E-state index is 13.0. The summed E-state index contributed by atoms with van der Waals surface area (Å²) in [5.74, 6) is -0.518. The number of carbonyl (C=O) groups excluding carboxylic acids is 1. The predicted octanol–water partition coefficient (Wildman–Crippen LogP) is 7.77. The van der Waals surface area contributed by atoms with Gasteiger partial charge in [0.05, 0.1) is 5.03 Å². The number of aliphatic carboxylic acids is 1. The molecule has 0 fully saturated rings. The Morgan fingerprint density at radius 3 is 2.50 bits per heavy atom. The summed E-state index contributed by atoms with van der Waals surface area (Å²) in [7, 11) is 0. The number of fused-ring (bicyclic) bond motifs is 1. The smallest absolute Gasteiger partial charge is 0.344 e. The standard InChI is InChI=1S/C33H39ClN2O4/c1-8-24(16-31(22(6)34)40-30(9-2)33(38)39)19-36-23(7)21(5)28-17-27(13-14-29(28)36)32(37)35-18-25-11-10-12-26(15-25)20(3)4/h8,10-17,20,30H,6,9,18-19H2,1-5,7H3,(H,35,37)(H,38,39)/b24-8+,31-16+. The van der Waals surface area contributed by atoms with E-state index in [9.17, 15) is 14.7 Å². The molecule has 1 unspecified atom stereocenters. The molecule has 3 aromatic rings. The Labute approximate surface area is 242 Å². The topological polar surface area (TPSA) is 80.6 Å². The van der Waals surface area contributed by atoms with E-state index in [-0.39, 0.29) is 16.7 Å². The third-order valence-corrected chi connectivity index (χ3v) is 7.37. The van der Waals surface area contributed by atoms with Gasteiger partial charge in [0, 0.05) is 35.2 Å². The number of hydrogen-bond acceptors (Lipinski definition) is 3. The molecule has 0 radical (unpaired) electrons. The minimum atomic E-state index is -1.06. The Kier molecular flexibility index (Phi) is 10.4. The maximum Gasteiger partial charge on any atom is 0.344 e. The number of aryl methyl sites for hydroxylation is 1. The van der Waals surface area contributed by atoms with Gasteiger partial charge in [-0.05, 0) is 79.6 Å². The van der Waals surface area contributed by atoms with Gasteiger partial charge < -0.3 is 19.7 Å². The SMILES string of the molecule is C=C(Cl)/C(=C\C(=C/C)Cn1c(C)c(C)c2cc(C(=O)NCc3cccc(C(C)C)c3)ccc21)OC(CC)C(=O)O. The van der Waals surface area contributed by atoms with E-state index in [1.54, 1.807) is 13.0 Å². The maximum atomic E-state index is 13.0. The molecule has 2 N–H and O–H groups in total. The molecule has 0 aliphatic carbocycles. The fraction of sp³-hybridized carbons (Fsp3) is 0.333. The van der Waals surface area contributed by atoms with E-state index in [0.29, 0.717) is 31.0 Å². The Morgan fingerprint density at radius 2 is 1.90 bits per heavy atom. The molecule has 212 valence electrons. The third kappa shape index (κ3) is 7.24. The van der Waals surface area contributed by atoms with E-state index in [0.717, 1.165) is 33.3 Å². The quantitative estimate of drug-likeness (QED) is 0.174. The molecule has 0 spiro atoms. The van der Waals surface area contributed by atoms with E-state index in [2.05, 4.69) is 42.4 Å². The minimum absolute atomic E-state index is 0.120. The van der Waals surface area contributed by atoms with Crippen LogP contribution < -0.4 is 5.32 Å². The van der Waals surface area contributed by atoms with Crippen LogP contribution in [0.5, 0.6) is 0 Å². The zero-order chi connectivity index (χ0) is 29.6. The number of benzene rings is 2. The number of amides is 1. The zero-order valence-corrected chi connectivity index (χ0v) is 24.9. The first-order chi connectivity index (χ1) is 19.0. The van der Waals surface area contributed by atoms with E-state index in [1.807, 2.05) is 57.2 Å². The van der Waals surface area contributed by atoms with Crippen LogP contribution in [0, 0.1) is 13.8 Å². The van der Waals surface area contributed by atoms with E-state index in [4.69, 9.17) is 16.3 Å². The molecule has 40 heavy (non-hydrogen) atoms. The summed E-state index contributed by atoms with van der Waals surface area (Å²) in [5, 5.41) is 13.6. The lowest BCUT2D eigenvalue weighted by atomic mass is 10.0. The van der Waals surface area contributed by atoms with Crippen molar-refractivity contribution in [2.24, 2.45) is 0 Å². The molecular formula is C33H39ClN2O4. The van der Waals surface area contributed by atoms with Gasteiger partial charge in [0.15, 0.2) is 6.10 Å². The predicted molar refractivity (Wildman–Crippen MR) is 163 cm³/mol. The highest BCUT2D eigenvalue weighted by Crippen LogP contribution is 2.28. The van der Waals surface area contributed by atoms with Crippen molar-refractivity contribution in [3.05, 3.63) is 106 Å². The van der Waals surface area contributed by atoms with Crippen molar-refractivity contribution in [3.8, 4) is 0 Å². The Balaban J connectivity index is 1.85. The number of carboxylic acids is 1. The summed E-state index contributed by atoms with van der Waals surface area (Å²) >= 11 is 6.16. The second-order valence-electron chi connectivity index (χ2n) is 10.2. The highest BCUT2D eigenvalue weighted by atomic mass is 35.5. The van der Waals surface area contributed by atoms with Crippen molar-refractivity contribution in [3.63, 3.8) is 0 Å². The van der Waals surface area contributed by atoms with E-state index >= 15 is 0 Å². The summed E-state index contributed by atoms with van der Waals surface area (Å²) in [6.45, 7) is 16.8. The van der Waals surface area contributed by atoms with Crippen LogP contribution in [0.15, 0.2) is 77.6 Å². The number of hydrogen-bond donors (Lipinski definition) is 2. The summed E-state index contributed by atoms with van der Waals surface area (Å²) in [4.78, 5) is 24.5. The normalized spacial score (nSPS) is 13.0. The molecule has 6 nitrogen and oxygen atoms in total. The third-order valence-electron chi connectivity index (χ3n) is 7.18. The van der Waals surface area contributed by atoms with Gasteiger partial charge in [-0.15, -0.1) is 0 Å². The number of nitrogens with one attached hydrogen (secondary N) is 1. The lowest BCUT2D eigenvalue weighted by Crippen LogP contribution is -2.22. The summed E-state index contributed by atoms with van der Waals surface area (Å²) in [5.41, 5.74) is 6.95. The van der Waals surface area contributed by atoms with Crippen LogP contribution in [0.1, 0.15) is 72.8 Å². The first kappa shape index (κ1) is 30.8. The summed E-state index contributed by atoms with van der Waals surface area (Å²) in [6.07, 6.45) is 2.95. The second-order valence-corrected chi connectivity index (χ2v) is 10.7. The summed E-state index contributed by atoms with van der Waals surface area (Å²) < 4.78 is 7.83. The molecule has 1 amide bonds. The van der Waals surface area contributed by atoms with Crippen molar-refractivity contribution in [1.82, 2.24) is 9.88 Å². The molecule has 0 aliphatic heterocycles. The highest BCUT2D eigenvalue weighted by Gasteiger charge is 2.20. The molecule has 0 aliphatic rings.